The second-order valence-corrected chi connectivity index (χ2v) is 3.00. The lowest BCUT2D eigenvalue weighted by Gasteiger charge is -2.26. The van der Waals surface area contributed by atoms with E-state index >= 15 is 0 Å². The molecule has 1 rings (SSSR count). The highest BCUT2D eigenvalue weighted by atomic mass is 35.5. The third kappa shape index (κ3) is 3.41. The van der Waals surface area contributed by atoms with E-state index in [4.69, 9.17) is 4.74 Å². The van der Waals surface area contributed by atoms with Crippen LogP contribution in [-0.4, -0.2) is 26.3 Å². The third-order valence-electron chi connectivity index (χ3n) is 2.42. The third-order valence-corrected chi connectivity index (χ3v) is 2.42. The Balaban J connectivity index is 0.000001000. The minimum absolute atomic E-state index is 0. The molecule has 0 unspecified atom stereocenters. The number of hydrogen-bond donors (Lipinski definition) is 1. The van der Waals surface area contributed by atoms with Gasteiger partial charge in [0.05, 0.1) is 6.10 Å². The van der Waals surface area contributed by atoms with Gasteiger partial charge in [-0.15, -0.1) is 12.4 Å². The van der Waals surface area contributed by atoms with E-state index in [1.54, 1.807) is 0 Å². The highest BCUT2D eigenvalue weighted by Crippen LogP contribution is 2.19. The van der Waals surface area contributed by atoms with Gasteiger partial charge in [0.15, 0.2) is 0 Å². The van der Waals surface area contributed by atoms with Crippen LogP contribution in [0.5, 0.6) is 0 Å². The zero-order valence-corrected chi connectivity index (χ0v) is 8.12. The number of nitrogens with one attached hydrogen (secondary N) is 1. The fraction of sp³-hybridized carbons (Fsp3) is 1.00. The van der Waals surface area contributed by atoms with Crippen molar-refractivity contribution in [2.75, 3.05) is 14.2 Å². The maximum Gasteiger partial charge on any atom is 0.0572 e. The summed E-state index contributed by atoms with van der Waals surface area (Å²) in [6.45, 7) is 0. The predicted molar refractivity (Wildman–Crippen MR) is 49.4 cm³/mol. The molecule has 0 saturated heterocycles. The summed E-state index contributed by atoms with van der Waals surface area (Å²) in [5.74, 6) is 0. The molecule has 0 aromatic heterocycles. The highest BCUT2D eigenvalue weighted by molar-refractivity contribution is 5.85. The van der Waals surface area contributed by atoms with E-state index in [1.807, 2.05) is 14.2 Å². The fourth-order valence-corrected chi connectivity index (χ4v) is 1.59. The van der Waals surface area contributed by atoms with Crippen molar-refractivity contribution >= 4 is 12.4 Å². The molecule has 0 aromatic rings. The van der Waals surface area contributed by atoms with E-state index in [1.165, 1.54) is 25.7 Å². The summed E-state index contributed by atoms with van der Waals surface area (Å²) >= 11 is 0. The summed E-state index contributed by atoms with van der Waals surface area (Å²) in [5.41, 5.74) is 0. The van der Waals surface area contributed by atoms with Gasteiger partial charge in [-0.2, -0.15) is 0 Å². The van der Waals surface area contributed by atoms with Gasteiger partial charge in [-0.1, -0.05) is 0 Å². The van der Waals surface area contributed by atoms with Crippen LogP contribution in [-0.2, 0) is 4.74 Å². The molecule has 0 spiro atoms. The van der Waals surface area contributed by atoms with Crippen molar-refractivity contribution in [3.8, 4) is 0 Å². The Labute approximate surface area is 75.1 Å². The summed E-state index contributed by atoms with van der Waals surface area (Å²) < 4.78 is 5.26. The van der Waals surface area contributed by atoms with Gasteiger partial charge < -0.3 is 10.1 Å². The van der Waals surface area contributed by atoms with Crippen LogP contribution in [0.25, 0.3) is 0 Å². The summed E-state index contributed by atoms with van der Waals surface area (Å²) in [7, 11) is 3.85. The maximum absolute atomic E-state index is 5.26. The van der Waals surface area contributed by atoms with E-state index in [2.05, 4.69) is 5.32 Å². The van der Waals surface area contributed by atoms with Gasteiger partial charge in [0, 0.05) is 13.2 Å². The van der Waals surface area contributed by atoms with Crippen molar-refractivity contribution in [2.45, 2.75) is 37.8 Å². The van der Waals surface area contributed by atoms with Crippen LogP contribution >= 0.6 is 12.4 Å². The number of ether oxygens (including phenoxy) is 1. The van der Waals surface area contributed by atoms with Gasteiger partial charge in [-0.05, 0) is 32.7 Å². The van der Waals surface area contributed by atoms with E-state index in [9.17, 15) is 0 Å². The van der Waals surface area contributed by atoms with E-state index < -0.39 is 0 Å². The molecule has 0 bridgehead atoms. The molecule has 0 amide bonds. The summed E-state index contributed by atoms with van der Waals surface area (Å²) in [6, 6.07) is 0.742. The molecule has 2 nitrogen and oxygen atoms in total. The van der Waals surface area contributed by atoms with Crippen molar-refractivity contribution in [1.82, 2.24) is 5.32 Å². The quantitative estimate of drug-likeness (QED) is 0.695. The monoisotopic (exact) mass is 179 g/mol. The van der Waals surface area contributed by atoms with Gasteiger partial charge in [-0.25, -0.2) is 0 Å². The molecule has 3 heteroatoms. The molecule has 1 fully saturated rings. The molecular weight excluding hydrogens is 162 g/mol. The van der Waals surface area contributed by atoms with Gasteiger partial charge in [0.2, 0.25) is 0 Å². The molecule has 0 aromatic carbocycles. The number of hydrogen-bond acceptors (Lipinski definition) is 2. The largest absolute Gasteiger partial charge is 0.381 e. The smallest absolute Gasteiger partial charge is 0.0572 e. The zero-order valence-electron chi connectivity index (χ0n) is 7.30. The summed E-state index contributed by atoms with van der Waals surface area (Å²) in [6.07, 6.45) is 5.53. The average molecular weight is 180 g/mol. The Morgan fingerprint density at radius 1 is 1.18 bits per heavy atom. The van der Waals surface area contributed by atoms with Crippen molar-refractivity contribution in [3.63, 3.8) is 0 Å². The van der Waals surface area contributed by atoms with Crippen LogP contribution in [0.15, 0.2) is 0 Å². The average Bonchev–Trinajstić information content (AvgIpc) is 2.05. The summed E-state index contributed by atoms with van der Waals surface area (Å²) in [4.78, 5) is 0. The van der Waals surface area contributed by atoms with Crippen LogP contribution in [0.1, 0.15) is 25.7 Å². The highest BCUT2D eigenvalue weighted by Gasteiger charge is 2.18. The molecule has 0 atom stereocenters. The Hall–Kier alpha value is 0.210. The van der Waals surface area contributed by atoms with Gasteiger partial charge in [0.1, 0.15) is 0 Å². The molecule has 68 valence electrons. The van der Waals surface area contributed by atoms with Crippen molar-refractivity contribution in [1.29, 1.82) is 0 Å². The summed E-state index contributed by atoms with van der Waals surface area (Å²) in [5, 5.41) is 3.29. The number of methoxy groups -OCH3 is 1. The molecule has 0 heterocycles. The first-order valence-electron chi connectivity index (χ1n) is 4.07. The Bertz CT molecular complexity index is 80.1. The van der Waals surface area contributed by atoms with Crippen molar-refractivity contribution < 1.29 is 4.74 Å². The Kier molecular flexibility index (Phi) is 5.92. The predicted octanol–water partition coefficient (Wildman–Crippen LogP) is 1.59. The zero-order chi connectivity index (χ0) is 7.40. The molecule has 1 saturated carbocycles. The Morgan fingerprint density at radius 2 is 1.73 bits per heavy atom. The molecular formula is C8H18ClNO. The second kappa shape index (κ2) is 5.81. The van der Waals surface area contributed by atoms with Crippen LogP contribution in [0.2, 0.25) is 0 Å². The molecule has 0 aliphatic heterocycles. The minimum atomic E-state index is 0. The first-order valence-corrected chi connectivity index (χ1v) is 4.07. The van der Waals surface area contributed by atoms with E-state index in [0.29, 0.717) is 6.10 Å². The normalized spacial score (nSPS) is 31.1. The molecule has 1 aliphatic carbocycles. The second-order valence-electron chi connectivity index (χ2n) is 3.00. The maximum atomic E-state index is 5.26. The van der Waals surface area contributed by atoms with Crippen molar-refractivity contribution in [2.24, 2.45) is 0 Å². The first-order chi connectivity index (χ1) is 4.86. The van der Waals surface area contributed by atoms with E-state index in [-0.39, 0.29) is 12.4 Å². The molecule has 11 heavy (non-hydrogen) atoms. The number of rotatable bonds is 2. The lowest BCUT2D eigenvalue weighted by atomic mass is 9.93. The Morgan fingerprint density at radius 3 is 2.09 bits per heavy atom. The lowest BCUT2D eigenvalue weighted by molar-refractivity contribution is 0.0634. The van der Waals surface area contributed by atoms with Crippen LogP contribution in [0.4, 0.5) is 0 Å². The topological polar surface area (TPSA) is 21.3 Å². The SMILES string of the molecule is CNC1CCC(OC)CC1.Cl. The van der Waals surface area contributed by atoms with Crippen molar-refractivity contribution in [3.05, 3.63) is 0 Å². The van der Waals surface area contributed by atoms with Gasteiger partial charge in [-0.3, -0.25) is 0 Å². The van der Waals surface area contributed by atoms with Gasteiger partial charge >= 0.3 is 0 Å². The standard InChI is InChI=1S/C8H17NO.ClH/c1-9-7-3-5-8(10-2)6-4-7;/h7-9H,3-6H2,1-2H3;1H. The van der Waals surface area contributed by atoms with Gasteiger partial charge in [0.25, 0.3) is 0 Å². The molecule has 0 radical (unpaired) electrons. The minimum Gasteiger partial charge on any atom is -0.381 e. The van der Waals surface area contributed by atoms with E-state index in [0.717, 1.165) is 6.04 Å². The van der Waals surface area contributed by atoms with Crippen LogP contribution < -0.4 is 5.32 Å². The lowest BCUT2D eigenvalue weighted by Crippen LogP contribution is -2.32. The van der Waals surface area contributed by atoms with Crippen LogP contribution in [0, 0.1) is 0 Å². The first kappa shape index (κ1) is 11.2. The molecule has 1 aliphatic rings. The fourth-order valence-electron chi connectivity index (χ4n) is 1.59. The number of halogens is 1. The van der Waals surface area contributed by atoms with Crippen LogP contribution in [0.3, 0.4) is 0 Å². The molecule has 1 N–H and O–H groups in total.